The van der Waals surface area contributed by atoms with Crippen molar-refractivity contribution >= 4 is 11.6 Å². The lowest BCUT2D eigenvalue weighted by molar-refractivity contribution is -0.122. The van der Waals surface area contributed by atoms with E-state index < -0.39 is 17.8 Å². The van der Waals surface area contributed by atoms with E-state index >= 15 is 0 Å². The summed E-state index contributed by atoms with van der Waals surface area (Å²) in [7, 11) is 1.43. The highest BCUT2D eigenvalue weighted by atomic mass is 16.5. The van der Waals surface area contributed by atoms with Crippen molar-refractivity contribution in [3.63, 3.8) is 0 Å². The fourth-order valence-electron chi connectivity index (χ4n) is 2.64. The maximum atomic E-state index is 12.3. The summed E-state index contributed by atoms with van der Waals surface area (Å²) in [5.74, 6) is -0.905. The average Bonchev–Trinajstić information content (AvgIpc) is 2.62. The van der Waals surface area contributed by atoms with Crippen LogP contribution in [0.3, 0.4) is 0 Å². The summed E-state index contributed by atoms with van der Waals surface area (Å²) >= 11 is 0. The van der Waals surface area contributed by atoms with Gasteiger partial charge in [-0.3, -0.25) is 9.59 Å². The number of ketones is 2. The summed E-state index contributed by atoms with van der Waals surface area (Å²) in [5.41, 5.74) is 1.65. The van der Waals surface area contributed by atoms with E-state index in [1.807, 2.05) is 0 Å². The molecule has 2 atom stereocenters. The minimum Gasteiger partial charge on any atom is -0.497 e. The molecule has 1 N–H and O–H groups in total. The van der Waals surface area contributed by atoms with Gasteiger partial charge in [0.05, 0.1) is 7.11 Å². The van der Waals surface area contributed by atoms with E-state index in [1.54, 1.807) is 30.3 Å². The molecule has 0 bridgehead atoms. The first kappa shape index (κ1) is 11.9. The first-order valence-corrected chi connectivity index (χ1v) is 5.96. The van der Waals surface area contributed by atoms with Gasteiger partial charge in [-0.05, 0) is 11.6 Å². The Morgan fingerprint density at radius 1 is 1.16 bits per heavy atom. The largest absolute Gasteiger partial charge is 0.497 e. The number of aliphatic hydroxyl groups excluding tert-OH is 1. The number of methoxy groups -OCH3 is 1. The van der Waals surface area contributed by atoms with Gasteiger partial charge in [0.1, 0.15) is 11.9 Å². The van der Waals surface area contributed by atoms with Gasteiger partial charge in [0.25, 0.3) is 0 Å². The van der Waals surface area contributed by atoms with Crippen LogP contribution in [0, 0.1) is 0 Å². The van der Waals surface area contributed by atoms with Crippen molar-refractivity contribution in [3.8, 4) is 0 Å². The van der Waals surface area contributed by atoms with Crippen LogP contribution in [0.5, 0.6) is 0 Å². The van der Waals surface area contributed by atoms with Crippen molar-refractivity contribution in [3.05, 3.63) is 58.9 Å². The van der Waals surface area contributed by atoms with Crippen LogP contribution in [0.15, 0.2) is 47.7 Å². The van der Waals surface area contributed by atoms with Gasteiger partial charge >= 0.3 is 0 Å². The summed E-state index contributed by atoms with van der Waals surface area (Å²) in [6, 6.07) is 7.04. The molecule has 2 aliphatic rings. The van der Waals surface area contributed by atoms with Crippen LogP contribution in [0.25, 0.3) is 0 Å². The summed E-state index contributed by atoms with van der Waals surface area (Å²) in [5, 5.41) is 10.2. The fourth-order valence-corrected chi connectivity index (χ4v) is 2.64. The van der Waals surface area contributed by atoms with Gasteiger partial charge in [0.2, 0.25) is 0 Å². The van der Waals surface area contributed by atoms with Gasteiger partial charge in [-0.15, -0.1) is 0 Å². The number of aliphatic hydroxyl groups is 1. The number of carbonyl (C=O) groups is 2. The third-order valence-electron chi connectivity index (χ3n) is 3.56. The van der Waals surface area contributed by atoms with Crippen molar-refractivity contribution in [2.45, 2.75) is 12.0 Å². The normalized spacial score (nSPS) is 25.2. The quantitative estimate of drug-likeness (QED) is 0.824. The zero-order valence-corrected chi connectivity index (χ0v) is 10.3. The predicted molar refractivity (Wildman–Crippen MR) is 67.7 cm³/mol. The second kappa shape index (κ2) is 4.17. The van der Waals surface area contributed by atoms with Gasteiger partial charge in [-0.2, -0.15) is 0 Å². The van der Waals surface area contributed by atoms with E-state index in [0.717, 1.165) is 0 Å². The van der Waals surface area contributed by atoms with Crippen molar-refractivity contribution in [1.29, 1.82) is 0 Å². The van der Waals surface area contributed by atoms with Gasteiger partial charge in [-0.25, -0.2) is 0 Å². The van der Waals surface area contributed by atoms with E-state index in [9.17, 15) is 14.7 Å². The van der Waals surface area contributed by atoms with Crippen LogP contribution < -0.4 is 0 Å². The fraction of sp³-hybridized carbons (Fsp3) is 0.200. The third-order valence-corrected chi connectivity index (χ3v) is 3.56. The maximum absolute atomic E-state index is 12.3. The molecule has 2 unspecified atom stereocenters. The van der Waals surface area contributed by atoms with Crippen molar-refractivity contribution in [2.24, 2.45) is 0 Å². The summed E-state index contributed by atoms with van der Waals surface area (Å²) in [6.07, 6.45) is 1.53. The molecule has 2 aliphatic carbocycles. The molecule has 0 amide bonds. The highest BCUT2D eigenvalue weighted by molar-refractivity contribution is 6.16. The lowest BCUT2D eigenvalue weighted by Crippen LogP contribution is -2.26. The molecule has 4 heteroatoms. The number of benzene rings is 1. The van der Waals surface area contributed by atoms with Crippen molar-refractivity contribution in [2.75, 3.05) is 7.11 Å². The topological polar surface area (TPSA) is 63.6 Å². The first-order valence-electron chi connectivity index (χ1n) is 5.96. The summed E-state index contributed by atoms with van der Waals surface area (Å²) in [4.78, 5) is 24.2. The van der Waals surface area contributed by atoms with Crippen LogP contribution in [-0.4, -0.2) is 29.9 Å². The minimum atomic E-state index is -1.24. The van der Waals surface area contributed by atoms with Crippen LogP contribution >= 0.6 is 0 Å². The lowest BCUT2D eigenvalue weighted by atomic mass is 9.90. The number of Topliss-reactive ketones (excluding diaryl/α,β-unsaturated/α-hetero) is 1. The maximum Gasteiger partial charge on any atom is 0.190 e. The van der Waals surface area contributed by atoms with Crippen LogP contribution in [-0.2, 0) is 9.53 Å². The molecular formula is C15H12O4. The Kier molecular flexibility index (Phi) is 2.61. The van der Waals surface area contributed by atoms with Gasteiger partial charge < -0.3 is 9.84 Å². The third kappa shape index (κ3) is 1.64. The van der Waals surface area contributed by atoms with Crippen molar-refractivity contribution < 1.29 is 19.4 Å². The Balaban J connectivity index is 2.22. The highest BCUT2D eigenvalue weighted by Crippen LogP contribution is 2.41. The molecule has 0 fully saturated rings. The number of allylic oxidation sites excluding steroid dienone is 1. The Bertz CT molecular complexity index is 639. The van der Waals surface area contributed by atoms with E-state index in [0.29, 0.717) is 22.5 Å². The van der Waals surface area contributed by atoms with Crippen LogP contribution in [0.1, 0.15) is 21.8 Å². The van der Waals surface area contributed by atoms with Gasteiger partial charge in [0.15, 0.2) is 11.6 Å². The van der Waals surface area contributed by atoms with Crippen molar-refractivity contribution in [1.82, 2.24) is 0 Å². The second-order valence-corrected chi connectivity index (χ2v) is 4.59. The smallest absolute Gasteiger partial charge is 0.190 e. The number of hydrogen-bond donors (Lipinski definition) is 1. The van der Waals surface area contributed by atoms with Crippen LogP contribution in [0.4, 0.5) is 0 Å². The lowest BCUT2D eigenvalue weighted by Gasteiger charge is -2.16. The molecule has 96 valence electrons. The molecule has 0 saturated carbocycles. The Morgan fingerprint density at radius 3 is 2.63 bits per heavy atom. The number of rotatable bonds is 1. The molecule has 0 aliphatic heterocycles. The SMILES string of the molecule is COC1=CC(=O)C(O)C2C(=C1)C(=O)c1ccccc12. The molecular weight excluding hydrogens is 244 g/mol. The molecule has 1 aromatic rings. The molecule has 4 nitrogen and oxygen atoms in total. The number of carbonyl (C=O) groups excluding carboxylic acids is 2. The van der Waals surface area contributed by atoms with E-state index in [4.69, 9.17) is 4.74 Å². The summed E-state index contributed by atoms with van der Waals surface area (Å²) in [6.45, 7) is 0. The number of hydrogen-bond acceptors (Lipinski definition) is 4. The van der Waals surface area contributed by atoms with E-state index in [2.05, 4.69) is 0 Å². The molecule has 0 spiro atoms. The molecule has 0 aromatic heterocycles. The zero-order chi connectivity index (χ0) is 13.6. The van der Waals surface area contributed by atoms with E-state index in [-0.39, 0.29) is 5.78 Å². The van der Waals surface area contributed by atoms with Gasteiger partial charge in [-0.1, -0.05) is 24.3 Å². The molecule has 1 aromatic carbocycles. The Labute approximate surface area is 110 Å². The van der Waals surface area contributed by atoms with Crippen LogP contribution in [0.2, 0.25) is 0 Å². The Morgan fingerprint density at radius 2 is 1.89 bits per heavy atom. The Hall–Kier alpha value is -2.20. The number of fused-ring (bicyclic) bond motifs is 3. The average molecular weight is 256 g/mol. The summed E-state index contributed by atoms with van der Waals surface area (Å²) < 4.78 is 5.05. The second-order valence-electron chi connectivity index (χ2n) is 4.59. The van der Waals surface area contributed by atoms with Gasteiger partial charge in [0, 0.05) is 23.1 Å². The monoisotopic (exact) mass is 256 g/mol. The zero-order valence-electron chi connectivity index (χ0n) is 10.3. The minimum absolute atomic E-state index is 0.155. The molecule has 0 saturated heterocycles. The molecule has 0 heterocycles. The predicted octanol–water partition coefficient (Wildman–Crippen LogP) is 1.37. The molecule has 0 radical (unpaired) electrons. The first-order chi connectivity index (χ1) is 9.13. The standard InChI is InChI=1S/C15H12O4/c1-19-8-6-11-13(15(18)12(16)7-8)9-4-2-3-5-10(9)14(11)17/h2-7,13,15,18H,1H3. The van der Waals surface area contributed by atoms with E-state index in [1.165, 1.54) is 13.2 Å². The molecule has 19 heavy (non-hydrogen) atoms. The molecule has 3 rings (SSSR count). The highest BCUT2D eigenvalue weighted by Gasteiger charge is 2.42. The number of ether oxygens (including phenoxy) is 1.